The fourth-order valence-electron chi connectivity index (χ4n) is 4.95. The number of hydrogen-bond donors (Lipinski definition) is 1. The van der Waals surface area contributed by atoms with Crippen LogP contribution in [0.25, 0.3) is 11.3 Å². The summed E-state index contributed by atoms with van der Waals surface area (Å²) in [5.74, 6) is -0.608. The van der Waals surface area contributed by atoms with Crippen molar-refractivity contribution in [1.82, 2.24) is 14.7 Å². The first-order valence-electron chi connectivity index (χ1n) is 12.5. The van der Waals surface area contributed by atoms with Crippen molar-refractivity contribution in [2.45, 2.75) is 26.7 Å². The molecular formula is C28H30N4O5. The van der Waals surface area contributed by atoms with Crippen LogP contribution in [0.3, 0.4) is 0 Å². The molecule has 0 spiro atoms. The highest BCUT2D eigenvalue weighted by atomic mass is 16.5. The first kappa shape index (κ1) is 24.6. The Kier molecular flexibility index (Phi) is 6.71. The molecule has 2 aliphatic rings. The van der Waals surface area contributed by atoms with Crippen molar-refractivity contribution in [2.75, 3.05) is 38.3 Å². The predicted octanol–water partition coefficient (Wildman–Crippen LogP) is 3.05. The summed E-state index contributed by atoms with van der Waals surface area (Å²) in [6.45, 7) is 5.62. The average molecular weight is 503 g/mol. The number of ether oxygens (including phenoxy) is 2. The number of hydrogen-bond acceptors (Lipinski definition) is 6. The first-order valence-corrected chi connectivity index (χ1v) is 12.5. The molecule has 2 amide bonds. The van der Waals surface area contributed by atoms with E-state index in [9.17, 15) is 14.4 Å². The van der Waals surface area contributed by atoms with E-state index in [0.717, 1.165) is 16.9 Å². The van der Waals surface area contributed by atoms with Gasteiger partial charge in [-0.1, -0.05) is 37.6 Å². The highest BCUT2D eigenvalue weighted by Crippen LogP contribution is 2.39. The lowest BCUT2D eigenvalue weighted by Gasteiger charge is -2.29. The Morgan fingerprint density at radius 3 is 2.41 bits per heavy atom. The first-order chi connectivity index (χ1) is 18.0. The Balaban J connectivity index is 1.74. The lowest BCUT2D eigenvalue weighted by molar-refractivity contribution is -0.121. The quantitative estimate of drug-likeness (QED) is 0.499. The summed E-state index contributed by atoms with van der Waals surface area (Å²) >= 11 is 0. The number of carbonyl (C=O) groups excluding carboxylic acids is 2. The maximum absolute atomic E-state index is 14.2. The largest absolute Gasteiger partial charge is 0.495 e. The van der Waals surface area contributed by atoms with Gasteiger partial charge in [0.1, 0.15) is 11.4 Å². The third-order valence-corrected chi connectivity index (χ3v) is 6.69. The van der Waals surface area contributed by atoms with Crippen molar-refractivity contribution in [3.05, 3.63) is 81.4 Å². The van der Waals surface area contributed by atoms with Crippen LogP contribution >= 0.6 is 0 Å². The second kappa shape index (κ2) is 10.1. The van der Waals surface area contributed by atoms with Gasteiger partial charge in [0.25, 0.3) is 17.4 Å². The fourth-order valence-corrected chi connectivity index (χ4v) is 4.95. The zero-order valence-electron chi connectivity index (χ0n) is 21.2. The van der Waals surface area contributed by atoms with Crippen LogP contribution in [-0.2, 0) is 20.7 Å². The number of nitrogens with one attached hydrogen (secondary N) is 1. The summed E-state index contributed by atoms with van der Waals surface area (Å²) in [4.78, 5) is 45.1. The molecule has 0 radical (unpaired) electrons. The number of nitrogens with zero attached hydrogens (tertiary/aromatic N) is 3. The number of benzene rings is 2. The van der Waals surface area contributed by atoms with Gasteiger partial charge in [-0.05, 0) is 43.2 Å². The van der Waals surface area contributed by atoms with E-state index in [-0.39, 0.29) is 22.4 Å². The molecule has 1 saturated heterocycles. The Labute approximate surface area is 214 Å². The number of aryl methyl sites for hydroxylation is 2. The van der Waals surface area contributed by atoms with Gasteiger partial charge in [0, 0.05) is 18.8 Å². The van der Waals surface area contributed by atoms with Crippen LogP contribution in [0.2, 0.25) is 0 Å². The van der Waals surface area contributed by atoms with Gasteiger partial charge >= 0.3 is 0 Å². The second-order valence-corrected chi connectivity index (χ2v) is 9.14. The molecule has 3 aromatic rings. The number of morpholine rings is 1. The lowest BCUT2D eigenvalue weighted by Crippen LogP contribution is -2.40. The molecule has 0 unspecified atom stereocenters. The maximum Gasteiger partial charge on any atom is 0.282 e. The van der Waals surface area contributed by atoms with Crippen molar-refractivity contribution in [3.8, 4) is 11.4 Å². The molecule has 1 fully saturated rings. The van der Waals surface area contributed by atoms with E-state index < -0.39 is 11.8 Å². The van der Waals surface area contributed by atoms with Gasteiger partial charge in [-0.25, -0.2) is 9.58 Å². The predicted molar refractivity (Wildman–Crippen MR) is 140 cm³/mol. The SMILES string of the molecule is CCCc1[nH]n(-c2ccccc2)c(=O)c1C1=C(N2CCOCC2)C(=O)N(c2cc(C)ccc2OC)C1=O. The minimum atomic E-state index is -0.538. The molecular weight excluding hydrogens is 472 g/mol. The van der Waals surface area contributed by atoms with E-state index in [1.54, 1.807) is 12.1 Å². The zero-order valence-corrected chi connectivity index (χ0v) is 21.2. The monoisotopic (exact) mass is 502 g/mol. The normalized spacial score (nSPS) is 16.2. The van der Waals surface area contributed by atoms with Crippen LogP contribution in [0.15, 0.2) is 59.0 Å². The summed E-state index contributed by atoms with van der Waals surface area (Å²) < 4.78 is 12.5. The highest BCUT2D eigenvalue weighted by Gasteiger charge is 2.46. The summed E-state index contributed by atoms with van der Waals surface area (Å²) in [7, 11) is 1.50. The molecule has 9 heteroatoms. The van der Waals surface area contributed by atoms with E-state index in [4.69, 9.17) is 9.47 Å². The van der Waals surface area contributed by atoms with Crippen molar-refractivity contribution in [2.24, 2.45) is 0 Å². The number of rotatable bonds is 7. The van der Waals surface area contributed by atoms with Gasteiger partial charge in [0.05, 0.1) is 42.8 Å². The van der Waals surface area contributed by atoms with Crippen molar-refractivity contribution in [3.63, 3.8) is 0 Å². The summed E-state index contributed by atoms with van der Waals surface area (Å²) in [6, 6.07) is 14.5. The van der Waals surface area contributed by atoms with Crippen LogP contribution in [0.5, 0.6) is 5.75 Å². The topological polar surface area (TPSA) is 96.9 Å². The molecule has 5 rings (SSSR count). The number of aromatic amines is 1. The molecule has 0 atom stereocenters. The van der Waals surface area contributed by atoms with Gasteiger partial charge in [-0.15, -0.1) is 0 Å². The third-order valence-electron chi connectivity index (χ3n) is 6.69. The second-order valence-electron chi connectivity index (χ2n) is 9.14. The van der Waals surface area contributed by atoms with E-state index in [0.29, 0.717) is 55.5 Å². The minimum Gasteiger partial charge on any atom is -0.495 e. The Morgan fingerprint density at radius 1 is 1.00 bits per heavy atom. The van der Waals surface area contributed by atoms with Crippen LogP contribution in [0, 0.1) is 6.92 Å². The fraction of sp³-hybridized carbons (Fsp3) is 0.321. The molecule has 0 saturated carbocycles. The number of methoxy groups -OCH3 is 1. The van der Waals surface area contributed by atoms with E-state index >= 15 is 0 Å². The van der Waals surface area contributed by atoms with E-state index in [2.05, 4.69) is 5.10 Å². The number of amides is 2. The minimum absolute atomic E-state index is 0.120. The average Bonchev–Trinajstić information content (AvgIpc) is 3.36. The standard InChI is InChI=1S/C28H30N4O5/c1-4-8-20-23(27(34)32(29-20)19-9-6-5-7-10-19)24-25(30-13-15-37-16-14-30)28(35)31(26(24)33)21-17-18(2)11-12-22(21)36-3/h5-7,9-12,17,29H,4,8,13-16H2,1-3H3. The molecule has 0 bridgehead atoms. The Bertz CT molecular complexity index is 1430. The molecule has 3 heterocycles. The molecule has 0 aliphatic carbocycles. The maximum atomic E-state index is 14.2. The van der Waals surface area contributed by atoms with Crippen LogP contribution < -0.4 is 15.2 Å². The molecule has 37 heavy (non-hydrogen) atoms. The Hall–Kier alpha value is -4.11. The molecule has 1 aromatic heterocycles. The van der Waals surface area contributed by atoms with E-state index in [1.165, 1.54) is 11.8 Å². The van der Waals surface area contributed by atoms with Crippen LogP contribution in [-0.4, -0.2) is 59.9 Å². The molecule has 2 aliphatic heterocycles. The highest BCUT2D eigenvalue weighted by molar-refractivity contribution is 6.45. The lowest BCUT2D eigenvalue weighted by atomic mass is 10.0. The van der Waals surface area contributed by atoms with Gasteiger partial charge in [0.2, 0.25) is 0 Å². The number of para-hydroxylation sites is 1. The summed E-state index contributed by atoms with van der Waals surface area (Å²) in [5, 5.41) is 3.21. The van der Waals surface area contributed by atoms with Gasteiger partial charge in [-0.3, -0.25) is 19.5 Å². The van der Waals surface area contributed by atoms with Gasteiger partial charge < -0.3 is 14.4 Å². The molecule has 1 N–H and O–H groups in total. The number of aromatic nitrogens is 2. The number of carbonyl (C=O) groups is 2. The van der Waals surface area contributed by atoms with Gasteiger partial charge in [0.15, 0.2) is 0 Å². The van der Waals surface area contributed by atoms with E-state index in [1.807, 2.05) is 55.1 Å². The Morgan fingerprint density at radius 2 is 1.73 bits per heavy atom. The number of H-pyrrole nitrogens is 1. The molecule has 2 aromatic carbocycles. The van der Waals surface area contributed by atoms with Crippen molar-refractivity contribution < 1.29 is 19.1 Å². The van der Waals surface area contributed by atoms with Gasteiger partial charge in [-0.2, -0.15) is 0 Å². The number of anilines is 1. The smallest absolute Gasteiger partial charge is 0.282 e. The third kappa shape index (κ3) is 4.25. The molecule has 9 nitrogen and oxygen atoms in total. The zero-order chi connectivity index (χ0) is 26.1. The van der Waals surface area contributed by atoms with Crippen molar-refractivity contribution in [1.29, 1.82) is 0 Å². The number of imide groups is 1. The van der Waals surface area contributed by atoms with Crippen LogP contribution in [0.4, 0.5) is 5.69 Å². The van der Waals surface area contributed by atoms with Crippen LogP contribution in [0.1, 0.15) is 30.2 Å². The van der Waals surface area contributed by atoms with Crippen molar-refractivity contribution >= 4 is 23.1 Å². The summed E-state index contributed by atoms with van der Waals surface area (Å²) in [5.41, 5.74) is 2.72. The summed E-state index contributed by atoms with van der Waals surface area (Å²) in [6.07, 6.45) is 1.29. The molecule has 192 valence electrons.